The van der Waals surface area contributed by atoms with Crippen LogP contribution in [0.5, 0.6) is 5.75 Å². The van der Waals surface area contributed by atoms with Crippen molar-refractivity contribution >= 4 is 11.6 Å². The second-order valence-electron chi connectivity index (χ2n) is 7.21. The lowest BCUT2D eigenvalue weighted by Gasteiger charge is -2.27. The third-order valence-corrected chi connectivity index (χ3v) is 4.88. The van der Waals surface area contributed by atoms with E-state index in [1.54, 1.807) is 7.11 Å². The van der Waals surface area contributed by atoms with Gasteiger partial charge in [-0.2, -0.15) is 0 Å². The highest BCUT2D eigenvalue weighted by Gasteiger charge is 2.32. The van der Waals surface area contributed by atoms with Crippen LogP contribution in [-0.4, -0.2) is 18.6 Å². The van der Waals surface area contributed by atoms with Crippen molar-refractivity contribution in [3.63, 3.8) is 0 Å². The molecule has 0 aliphatic heterocycles. The maximum atomic E-state index is 12.7. The predicted molar refractivity (Wildman–Crippen MR) is 110 cm³/mol. The minimum absolute atomic E-state index is 0.116. The van der Waals surface area contributed by atoms with Crippen molar-refractivity contribution in [2.24, 2.45) is 0 Å². The van der Waals surface area contributed by atoms with Crippen molar-refractivity contribution in [3.05, 3.63) is 59.2 Å². The van der Waals surface area contributed by atoms with Crippen molar-refractivity contribution in [2.45, 2.75) is 59.2 Å². The van der Waals surface area contributed by atoms with Gasteiger partial charge in [0.05, 0.1) is 0 Å². The van der Waals surface area contributed by atoms with Crippen LogP contribution in [0.15, 0.2) is 42.5 Å². The summed E-state index contributed by atoms with van der Waals surface area (Å²) in [4.78, 5) is 12.7. The number of amides is 1. The first kappa shape index (κ1) is 21.0. The Morgan fingerprint density at radius 3 is 2.30 bits per heavy atom. The molecule has 2 aromatic rings. The maximum Gasteiger partial charge on any atom is 0.256 e. The zero-order valence-corrected chi connectivity index (χ0v) is 17.1. The lowest BCUT2D eigenvalue weighted by molar-refractivity contribution is -0.136. The normalized spacial score (nSPS) is 13.1. The highest BCUT2D eigenvalue weighted by molar-refractivity contribution is 5.97. The van der Waals surface area contributed by atoms with Crippen LogP contribution < -0.4 is 10.1 Å². The predicted octanol–water partition coefficient (Wildman–Crippen LogP) is 5.42. The molecule has 4 nitrogen and oxygen atoms in total. The van der Waals surface area contributed by atoms with E-state index in [1.807, 2.05) is 63.2 Å². The van der Waals surface area contributed by atoms with E-state index in [-0.39, 0.29) is 5.91 Å². The Balaban J connectivity index is 2.10. The smallest absolute Gasteiger partial charge is 0.256 e. The number of ether oxygens (including phenoxy) is 2. The minimum atomic E-state index is -0.819. The summed E-state index contributed by atoms with van der Waals surface area (Å²) in [5.74, 6) is 0.743. The second kappa shape index (κ2) is 9.56. The summed E-state index contributed by atoms with van der Waals surface area (Å²) in [7, 11) is 1.59. The molecule has 0 spiro atoms. The fourth-order valence-electron chi connectivity index (χ4n) is 3.07. The van der Waals surface area contributed by atoms with Crippen molar-refractivity contribution in [1.29, 1.82) is 0 Å². The molecule has 1 N–H and O–H groups in total. The number of anilines is 1. The molecule has 2 rings (SSSR count). The molecular formula is C23H31NO3. The van der Waals surface area contributed by atoms with E-state index in [0.29, 0.717) is 13.0 Å². The first-order valence-corrected chi connectivity index (χ1v) is 9.54. The number of hydrogen-bond acceptors (Lipinski definition) is 3. The zero-order chi connectivity index (χ0) is 19.9. The van der Waals surface area contributed by atoms with Gasteiger partial charge >= 0.3 is 0 Å². The molecule has 0 heterocycles. The third-order valence-electron chi connectivity index (χ3n) is 4.88. The topological polar surface area (TPSA) is 47.6 Å². The Kier molecular flexibility index (Phi) is 7.43. The molecule has 0 saturated heterocycles. The molecule has 146 valence electrons. The minimum Gasteiger partial charge on any atom is -0.488 e. The van der Waals surface area contributed by atoms with Crippen LogP contribution in [0.25, 0.3) is 0 Å². The van der Waals surface area contributed by atoms with Crippen LogP contribution in [0.2, 0.25) is 0 Å². The van der Waals surface area contributed by atoms with Crippen LogP contribution >= 0.6 is 0 Å². The summed E-state index contributed by atoms with van der Waals surface area (Å²) in [6, 6.07) is 14.0. The molecule has 0 unspecified atom stereocenters. The van der Waals surface area contributed by atoms with Crippen LogP contribution in [0.1, 0.15) is 49.8 Å². The number of nitrogens with one attached hydrogen (secondary N) is 1. The molecule has 27 heavy (non-hydrogen) atoms. The standard InChI is InChI=1S/C23H31NO3/c1-6-7-13-23(4,26-5)22(25)24-20-14-17(2)21(18(3)15-20)27-16-19-11-9-8-10-12-19/h8-12,14-15H,6-7,13,16H2,1-5H3,(H,24,25)/t23-/m1/s1. The van der Waals surface area contributed by atoms with Crippen LogP contribution in [0.4, 0.5) is 5.69 Å². The largest absolute Gasteiger partial charge is 0.488 e. The molecule has 0 radical (unpaired) electrons. The zero-order valence-electron chi connectivity index (χ0n) is 17.1. The average molecular weight is 370 g/mol. The van der Waals surface area contributed by atoms with Gasteiger partial charge in [0, 0.05) is 12.8 Å². The monoisotopic (exact) mass is 369 g/mol. The molecule has 0 aliphatic rings. The third kappa shape index (κ3) is 5.57. The van der Waals surface area contributed by atoms with Gasteiger partial charge in [0.1, 0.15) is 18.0 Å². The highest BCUT2D eigenvalue weighted by atomic mass is 16.5. The Hall–Kier alpha value is -2.33. The Bertz CT molecular complexity index is 734. The summed E-state index contributed by atoms with van der Waals surface area (Å²) in [5, 5.41) is 3.01. The average Bonchev–Trinajstić information content (AvgIpc) is 2.66. The Morgan fingerprint density at radius 2 is 1.74 bits per heavy atom. The number of aryl methyl sites for hydroxylation is 2. The van der Waals surface area contributed by atoms with Gasteiger partial charge < -0.3 is 14.8 Å². The summed E-state index contributed by atoms with van der Waals surface area (Å²) >= 11 is 0. The number of rotatable bonds is 9. The SMILES string of the molecule is CCCC[C@@](C)(OC)C(=O)Nc1cc(C)c(OCc2ccccc2)c(C)c1. The number of carbonyl (C=O) groups excluding carboxylic acids is 1. The van der Waals surface area contributed by atoms with Gasteiger partial charge in [0.2, 0.25) is 0 Å². The molecule has 4 heteroatoms. The lowest BCUT2D eigenvalue weighted by atomic mass is 9.97. The van der Waals surface area contributed by atoms with Crippen molar-refractivity contribution in [2.75, 3.05) is 12.4 Å². The Morgan fingerprint density at radius 1 is 1.11 bits per heavy atom. The van der Waals surface area contributed by atoms with E-state index in [9.17, 15) is 4.79 Å². The fourth-order valence-corrected chi connectivity index (χ4v) is 3.07. The van der Waals surface area contributed by atoms with Gasteiger partial charge in [-0.3, -0.25) is 4.79 Å². The highest BCUT2D eigenvalue weighted by Crippen LogP contribution is 2.29. The quantitative estimate of drug-likeness (QED) is 0.642. The summed E-state index contributed by atoms with van der Waals surface area (Å²) in [6.07, 6.45) is 2.67. The fraction of sp³-hybridized carbons (Fsp3) is 0.435. The number of benzene rings is 2. The Labute approximate surface area is 162 Å². The van der Waals surface area contributed by atoms with Crippen molar-refractivity contribution < 1.29 is 14.3 Å². The van der Waals surface area contributed by atoms with Gasteiger partial charge in [-0.1, -0.05) is 50.1 Å². The molecule has 0 fully saturated rings. The summed E-state index contributed by atoms with van der Waals surface area (Å²) < 4.78 is 11.5. The number of hydrogen-bond donors (Lipinski definition) is 1. The van der Waals surface area contributed by atoms with E-state index in [4.69, 9.17) is 9.47 Å². The molecule has 0 bridgehead atoms. The van der Waals surface area contributed by atoms with Gasteiger partial charge in [0.15, 0.2) is 0 Å². The van der Waals surface area contributed by atoms with Gasteiger partial charge in [-0.05, 0) is 56.0 Å². The number of unbranched alkanes of at least 4 members (excludes halogenated alkanes) is 1. The molecule has 0 aromatic heterocycles. The lowest BCUT2D eigenvalue weighted by Crippen LogP contribution is -2.41. The van der Waals surface area contributed by atoms with Crippen LogP contribution in [0, 0.1) is 13.8 Å². The molecule has 1 amide bonds. The van der Waals surface area contributed by atoms with E-state index >= 15 is 0 Å². The molecule has 0 saturated carbocycles. The first-order chi connectivity index (χ1) is 12.9. The van der Waals surface area contributed by atoms with E-state index in [2.05, 4.69) is 12.2 Å². The number of carbonyl (C=O) groups is 1. The van der Waals surface area contributed by atoms with E-state index < -0.39 is 5.60 Å². The van der Waals surface area contributed by atoms with Gasteiger partial charge in [-0.25, -0.2) is 0 Å². The molecule has 0 aliphatic carbocycles. The van der Waals surface area contributed by atoms with Crippen LogP contribution in [0.3, 0.4) is 0 Å². The first-order valence-electron chi connectivity index (χ1n) is 9.54. The summed E-state index contributed by atoms with van der Waals surface area (Å²) in [6.45, 7) is 8.46. The number of methoxy groups -OCH3 is 1. The summed E-state index contributed by atoms with van der Waals surface area (Å²) in [5.41, 5.74) is 3.06. The van der Waals surface area contributed by atoms with Gasteiger partial charge in [0.25, 0.3) is 5.91 Å². The van der Waals surface area contributed by atoms with Crippen LogP contribution in [-0.2, 0) is 16.1 Å². The molecule has 1 atom stereocenters. The van der Waals surface area contributed by atoms with Crippen molar-refractivity contribution in [3.8, 4) is 5.75 Å². The maximum absolute atomic E-state index is 12.7. The molecule has 2 aromatic carbocycles. The van der Waals surface area contributed by atoms with E-state index in [0.717, 1.165) is 41.0 Å². The van der Waals surface area contributed by atoms with E-state index in [1.165, 1.54) is 0 Å². The van der Waals surface area contributed by atoms with Gasteiger partial charge in [-0.15, -0.1) is 0 Å². The molecular weight excluding hydrogens is 338 g/mol. The second-order valence-corrected chi connectivity index (χ2v) is 7.21. The van der Waals surface area contributed by atoms with Crippen molar-refractivity contribution in [1.82, 2.24) is 0 Å².